The van der Waals surface area contributed by atoms with Crippen molar-refractivity contribution in [3.8, 4) is 51.0 Å². The van der Waals surface area contributed by atoms with Crippen LogP contribution in [0.3, 0.4) is 0 Å². The second kappa shape index (κ2) is 12.6. The molecule has 0 saturated heterocycles. The van der Waals surface area contributed by atoms with E-state index < -0.39 is 0 Å². The van der Waals surface area contributed by atoms with E-state index >= 15 is 0 Å². The number of aromatic nitrogens is 4. The molecule has 0 atom stereocenters. The fourth-order valence-corrected chi connectivity index (χ4v) is 9.45. The minimum absolute atomic E-state index is 0.596. The van der Waals surface area contributed by atoms with Gasteiger partial charge in [0.2, 0.25) is 0 Å². The van der Waals surface area contributed by atoms with Crippen molar-refractivity contribution in [2.75, 3.05) is 0 Å². The number of benzene rings is 8. The van der Waals surface area contributed by atoms with Gasteiger partial charge in [0.05, 0.1) is 11.0 Å². The smallest absolute Gasteiger partial charge is 0.164 e. The fourth-order valence-electron chi connectivity index (χ4n) is 8.30. The van der Waals surface area contributed by atoms with Crippen molar-refractivity contribution in [3.05, 3.63) is 182 Å². The standard InChI is InChI=1S/C51H30N4OS/c1-3-11-31(12-4-1)32-19-23-36(24-20-32)55-43-17-9-7-15-37(43)41-29-42-38-25-21-34(27-45(38)56-46(42)30-44(41)55)50-52-49(33-13-5-2-6-14-33)53-51(54-50)35-22-26-40-39-16-8-10-18-47(39)57-48(40)28-35/h1-30H. The number of para-hydroxylation sites is 1. The van der Waals surface area contributed by atoms with Crippen LogP contribution in [0.15, 0.2) is 186 Å². The monoisotopic (exact) mass is 746 g/mol. The van der Waals surface area contributed by atoms with Crippen molar-refractivity contribution in [1.29, 1.82) is 0 Å². The number of rotatable bonds is 5. The SMILES string of the molecule is c1ccc(-c2ccc(-n3c4ccccc4c4cc5c(cc43)oc3cc(-c4nc(-c6ccccc6)nc(-c6ccc7c(c6)sc6ccccc67)n4)ccc35)cc2)cc1. The highest BCUT2D eigenvalue weighted by Crippen LogP contribution is 2.40. The maximum atomic E-state index is 6.71. The molecule has 4 heterocycles. The molecule has 57 heavy (non-hydrogen) atoms. The molecule has 0 spiro atoms. The summed E-state index contributed by atoms with van der Waals surface area (Å²) in [4.78, 5) is 15.2. The molecule has 0 unspecified atom stereocenters. The minimum Gasteiger partial charge on any atom is -0.456 e. The summed E-state index contributed by atoms with van der Waals surface area (Å²) >= 11 is 1.79. The molecule has 12 aromatic rings. The first-order valence-electron chi connectivity index (χ1n) is 19.0. The summed E-state index contributed by atoms with van der Waals surface area (Å²) in [5.74, 6) is 1.86. The van der Waals surface area contributed by atoms with Crippen LogP contribution in [-0.2, 0) is 0 Å². The molecule has 8 aromatic carbocycles. The predicted molar refractivity (Wildman–Crippen MR) is 236 cm³/mol. The van der Waals surface area contributed by atoms with E-state index in [4.69, 9.17) is 19.4 Å². The summed E-state index contributed by atoms with van der Waals surface area (Å²) in [5.41, 5.74) is 10.1. The molecule has 0 aliphatic carbocycles. The van der Waals surface area contributed by atoms with E-state index in [-0.39, 0.29) is 0 Å². The van der Waals surface area contributed by atoms with Crippen LogP contribution in [0.1, 0.15) is 0 Å². The van der Waals surface area contributed by atoms with Crippen LogP contribution < -0.4 is 0 Å². The van der Waals surface area contributed by atoms with Crippen LogP contribution in [0.5, 0.6) is 0 Å². The van der Waals surface area contributed by atoms with E-state index in [0.717, 1.165) is 55.3 Å². The lowest BCUT2D eigenvalue weighted by Gasteiger charge is -2.09. The van der Waals surface area contributed by atoms with E-state index in [1.165, 1.54) is 42.1 Å². The third kappa shape index (κ3) is 5.19. The first-order valence-corrected chi connectivity index (χ1v) is 19.8. The van der Waals surface area contributed by atoms with E-state index in [9.17, 15) is 0 Å². The zero-order valence-corrected chi connectivity index (χ0v) is 31.2. The third-order valence-corrected chi connectivity index (χ3v) is 12.2. The van der Waals surface area contributed by atoms with Gasteiger partial charge in [0.1, 0.15) is 11.2 Å². The number of hydrogen-bond acceptors (Lipinski definition) is 5. The van der Waals surface area contributed by atoms with Gasteiger partial charge in [0.15, 0.2) is 17.5 Å². The largest absolute Gasteiger partial charge is 0.456 e. The van der Waals surface area contributed by atoms with Gasteiger partial charge < -0.3 is 8.98 Å². The first kappa shape index (κ1) is 31.9. The van der Waals surface area contributed by atoms with Gasteiger partial charge in [0, 0.05) is 70.2 Å². The van der Waals surface area contributed by atoms with Crippen LogP contribution >= 0.6 is 11.3 Å². The van der Waals surface area contributed by atoms with Crippen LogP contribution in [-0.4, -0.2) is 19.5 Å². The maximum absolute atomic E-state index is 6.71. The van der Waals surface area contributed by atoms with E-state index in [1.54, 1.807) is 11.3 Å². The summed E-state index contributed by atoms with van der Waals surface area (Å²) in [6.07, 6.45) is 0. The molecule has 0 N–H and O–H groups in total. The highest BCUT2D eigenvalue weighted by molar-refractivity contribution is 7.25. The lowest BCUT2D eigenvalue weighted by atomic mass is 10.1. The zero-order chi connectivity index (χ0) is 37.5. The predicted octanol–water partition coefficient (Wildman–Crippen LogP) is 13.9. The molecule has 5 nitrogen and oxygen atoms in total. The summed E-state index contributed by atoms with van der Waals surface area (Å²) in [6, 6.07) is 63.9. The molecular weight excluding hydrogens is 717 g/mol. The van der Waals surface area contributed by atoms with Gasteiger partial charge in [-0.25, -0.2) is 15.0 Å². The summed E-state index contributed by atoms with van der Waals surface area (Å²) in [6.45, 7) is 0. The Morgan fingerprint density at radius 2 is 0.912 bits per heavy atom. The fraction of sp³-hybridized carbons (Fsp3) is 0. The van der Waals surface area contributed by atoms with Crippen LogP contribution in [0, 0.1) is 0 Å². The van der Waals surface area contributed by atoms with E-state index in [2.05, 4.69) is 156 Å². The average molecular weight is 747 g/mol. The highest BCUT2D eigenvalue weighted by atomic mass is 32.1. The second-order valence-electron chi connectivity index (χ2n) is 14.4. The Hall–Kier alpha value is -7.41. The van der Waals surface area contributed by atoms with Crippen molar-refractivity contribution < 1.29 is 4.42 Å². The second-order valence-corrected chi connectivity index (χ2v) is 15.5. The van der Waals surface area contributed by atoms with Crippen LogP contribution in [0.4, 0.5) is 0 Å². The molecule has 0 aliphatic heterocycles. The maximum Gasteiger partial charge on any atom is 0.164 e. The zero-order valence-electron chi connectivity index (χ0n) is 30.4. The van der Waals surface area contributed by atoms with Crippen molar-refractivity contribution >= 4 is 75.3 Å². The molecular formula is C51H30N4OS. The van der Waals surface area contributed by atoms with Crippen molar-refractivity contribution in [1.82, 2.24) is 19.5 Å². The normalized spacial score (nSPS) is 11.9. The molecule has 4 aromatic heterocycles. The highest BCUT2D eigenvalue weighted by Gasteiger charge is 2.19. The number of hydrogen-bond donors (Lipinski definition) is 0. The van der Waals surface area contributed by atoms with Gasteiger partial charge in [-0.15, -0.1) is 11.3 Å². The molecule has 0 amide bonds. The summed E-state index contributed by atoms with van der Waals surface area (Å²) in [7, 11) is 0. The Balaban J connectivity index is 0.997. The summed E-state index contributed by atoms with van der Waals surface area (Å²) in [5, 5.41) is 7.02. The topological polar surface area (TPSA) is 56.7 Å². The Bertz CT molecular complexity index is 3510. The molecule has 0 bridgehead atoms. The molecule has 0 saturated carbocycles. The van der Waals surface area contributed by atoms with Gasteiger partial charge in [-0.2, -0.15) is 0 Å². The van der Waals surface area contributed by atoms with Gasteiger partial charge in [0.25, 0.3) is 0 Å². The Morgan fingerprint density at radius 1 is 0.351 bits per heavy atom. The lowest BCUT2D eigenvalue weighted by Crippen LogP contribution is -2.00. The summed E-state index contributed by atoms with van der Waals surface area (Å²) < 4.78 is 11.5. The van der Waals surface area contributed by atoms with Crippen LogP contribution in [0.25, 0.3) is 115 Å². The minimum atomic E-state index is 0.596. The number of nitrogens with zero attached hydrogens (tertiary/aromatic N) is 4. The van der Waals surface area contributed by atoms with Gasteiger partial charge in [-0.3, -0.25) is 0 Å². The third-order valence-electron chi connectivity index (χ3n) is 11.1. The van der Waals surface area contributed by atoms with Crippen LogP contribution in [0.2, 0.25) is 0 Å². The average Bonchev–Trinajstić information content (AvgIpc) is 3.94. The quantitative estimate of drug-likeness (QED) is 0.176. The number of fused-ring (bicyclic) bond motifs is 9. The Kier molecular flexibility index (Phi) is 7.03. The first-order chi connectivity index (χ1) is 28.2. The van der Waals surface area contributed by atoms with Crippen molar-refractivity contribution in [3.63, 3.8) is 0 Å². The van der Waals surface area contributed by atoms with E-state index in [0.29, 0.717) is 17.5 Å². The molecule has 0 fully saturated rings. The molecule has 12 rings (SSSR count). The molecule has 0 radical (unpaired) electrons. The Morgan fingerprint density at radius 3 is 1.68 bits per heavy atom. The van der Waals surface area contributed by atoms with Gasteiger partial charge in [-0.1, -0.05) is 127 Å². The number of thiophene rings is 1. The number of furan rings is 1. The van der Waals surface area contributed by atoms with E-state index in [1.807, 2.05) is 30.3 Å². The molecule has 6 heteroatoms. The van der Waals surface area contributed by atoms with Gasteiger partial charge in [-0.05, 0) is 59.7 Å². The molecule has 266 valence electrons. The van der Waals surface area contributed by atoms with Crippen molar-refractivity contribution in [2.24, 2.45) is 0 Å². The van der Waals surface area contributed by atoms with Crippen molar-refractivity contribution in [2.45, 2.75) is 0 Å². The van der Waals surface area contributed by atoms with Gasteiger partial charge >= 0.3 is 0 Å². The lowest BCUT2D eigenvalue weighted by molar-refractivity contribution is 0.669. The Labute approximate surface area is 330 Å². The molecule has 0 aliphatic rings.